The minimum Gasteiger partial charge on any atom is -0.379 e. The van der Waals surface area contributed by atoms with E-state index < -0.39 is 0 Å². The van der Waals surface area contributed by atoms with Gasteiger partial charge in [0, 0.05) is 31.2 Å². The lowest BCUT2D eigenvalue weighted by Crippen LogP contribution is -2.39. The molecular weight excluding hydrogens is 328 g/mol. The molecule has 1 aliphatic carbocycles. The number of fused-ring (bicyclic) bond motifs is 1. The predicted molar refractivity (Wildman–Crippen MR) is 92.0 cm³/mol. The molecule has 1 aromatic heterocycles. The Hall–Kier alpha value is -1.21. The second kappa shape index (κ2) is 6.26. The number of anilines is 1. The van der Waals surface area contributed by atoms with E-state index in [1.807, 2.05) is 6.07 Å². The number of aromatic nitrogens is 1. The summed E-state index contributed by atoms with van der Waals surface area (Å²) in [6, 6.07) is 4.08. The molecule has 0 unspecified atom stereocenters. The maximum atomic E-state index is 12.6. The van der Waals surface area contributed by atoms with Crippen LogP contribution in [-0.4, -0.2) is 54.2 Å². The lowest BCUT2D eigenvalue weighted by Gasteiger charge is -2.27. The summed E-state index contributed by atoms with van der Waals surface area (Å²) in [5.41, 5.74) is 1.30. The number of halogens is 1. The van der Waals surface area contributed by atoms with Crippen molar-refractivity contribution in [3.05, 3.63) is 22.8 Å². The van der Waals surface area contributed by atoms with E-state index in [-0.39, 0.29) is 11.9 Å². The van der Waals surface area contributed by atoms with Crippen LogP contribution in [0.3, 0.4) is 0 Å². The molecule has 130 valence electrons. The van der Waals surface area contributed by atoms with Crippen molar-refractivity contribution in [3.63, 3.8) is 0 Å². The van der Waals surface area contributed by atoms with Crippen molar-refractivity contribution >= 4 is 23.3 Å². The quantitative estimate of drug-likeness (QED) is 0.808. The Bertz CT molecular complexity index is 649. The summed E-state index contributed by atoms with van der Waals surface area (Å²) in [6.07, 6.45) is 2.07. The molecule has 3 heterocycles. The first-order valence-electron chi connectivity index (χ1n) is 8.56. The van der Waals surface area contributed by atoms with Crippen molar-refractivity contribution in [1.29, 1.82) is 0 Å². The average molecular weight is 351 g/mol. The van der Waals surface area contributed by atoms with Gasteiger partial charge in [-0.1, -0.05) is 24.6 Å². The summed E-state index contributed by atoms with van der Waals surface area (Å²) in [6.45, 7) is 6.24. The summed E-state index contributed by atoms with van der Waals surface area (Å²) in [7, 11) is 0. The number of morpholine rings is 1. The molecule has 1 aromatic rings. The maximum Gasteiger partial charge on any atom is 0.242 e. The van der Waals surface area contributed by atoms with Crippen molar-refractivity contribution in [3.8, 4) is 0 Å². The number of pyridine rings is 1. The zero-order valence-corrected chi connectivity index (χ0v) is 14.6. The molecule has 0 bridgehead atoms. The number of nitrogens with one attached hydrogen (secondary N) is 2. The highest BCUT2D eigenvalue weighted by Crippen LogP contribution is 2.53. The molecule has 24 heavy (non-hydrogen) atoms. The van der Waals surface area contributed by atoms with Crippen LogP contribution in [0.5, 0.6) is 0 Å². The number of carbonyl (C=O) groups is 1. The van der Waals surface area contributed by atoms with Gasteiger partial charge in [0.15, 0.2) is 0 Å². The highest BCUT2D eigenvalue weighted by atomic mass is 35.5. The van der Waals surface area contributed by atoms with Crippen LogP contribution >= 0.6 is 11.6 Å². The Morgan fingerprint density at radius 3 is 2.96 bits per heavy atom. The minimum atomic E-state index is -0.134. The summed E-state index contributed by atoms with van der Waals surface area (Å²) < 4.78 is 5.39. The fourth-order valence-corrected chi connectivity index (χ4v) is 3.88. The topological polar surface area (TPSA) is 66.5 Å². The molecule has 0 aromatic carbocycles. The van der Waals surface area contributed by atoms with Gasteiger partial charge in [0.25, 0.3) is 0 Å². The SMILES string of the molecule is C[C@@]12C[C@@H](C(=O)Nc3nc(Cl)ccc3CN3CCOCC3)N[C@@H]1C2. The third kappa shape index (κ3) is 3.28. The van der Waals surface area contributed by atoms with Crippen molar-refractivity contribution in [2.45, 2.75) is 38.4 Å². The second-order valence-electron chi connectivity index (χ2n) is 7.35. The number of nitrogens with zero attached hydrogens (tertiary/aromatic N) is 2. The van der Waals surface area contributed by atoms with Gasteiger partial charge in [-0.2, -0.15) is 0 Å². The molecular formula is C17H23ClN4O2. The van der Waals surface area contributed by atoms with E-state index in [1.54, 1.807) is 6.07 Å². The van der Waals surface area contributed by atoms with E-state index >= 15 is 0 Å². The molecule has 2 aliphatic heterocycles. The van der Waals surface area contributed by atoms with Gasteiger partial charge in [0.05, 0.1) is 19.3 Å². The van der Waals surface area contributed by atoms with Gasteiger partial charge in [0.1, 0.15) is 11.0 Å². The number of piperidine rings is 1. The molecule has 1 saturated carbocycles. The normalized spacial score (nSPS) is 32.4. The highest BCUT2D eigenvalue weighted by molar-refractivity contribution is 6.29. The number of rotatable bonds is 4. The van der Waals surface area contributed by atoms with E-state index in [2.05, 4.69) is 27.4 Å². The van der Waals surface area contributed by atoms with Crippen molar-refractivity contribution in [2.75, 3.05) is 31.6 Å². The van der Waals surface area contributed by atoms with Gasteiger partial charge < -0.3 is 15.4 Å². The average Bonchev–Trinajstić information content (AvgIpc) is 3.08. The number of hydrogen-bond acceptors (Lipinski definition) is 5. The fourth-order valence-electron chi connectivity index (χ4n) is 3.73. The first-order chi connectivity index (χ1) is 11.5. The number of carbonyl (C=O) groups excluding carboxylic acids is 1. The van der Waals surface area contributed by atoms with Crippen molar-refractivity contribution in [2.24, 2.45) is 5.41 Å². The molecule has 3 aliphatic rings. The minimum absolute atomic E-state index is 0.0126. The number of amides is 1. The van der Waals surface area contributed by atoms with Gasteiger partial charge in [-0.05, 0) is 24.3 Å². The van der Waals surface area contributed by atoms with Crippen molar-refractivity contribution < 1.29 is 9.53 Å². The first kappa shape index (κ1) is 16.3. The molecule has 0 radical (unpaired) electrons. The molecule has 0 spiro atoms. The lowest BCUT2D eigenvalue weighted by molar-refractivity contribution is -0.118. The smallest absolute Gasteiger partial charge is 0.242 e. The molecule has 3 fully saturated rings. The van der Waals surface area contributed by atoms with Crippen LogP contribution in [0.1, 0.15) is 25.3 Å². The molecule has 7 heteroatoms. The van der Waals surface area contributed by atoms with Crippen LogP contribution in [0.2, 0.25) is 5.15 Å². The molecule has 6 nitrogen and oxygen atoms in total. The van der Waals surface area contributed by atoms with Gasteiger partial charge in [-0.3, -0.25) is 9.69 Å². The van der Waals surface area contributed by atoms with Crippen LogP contribution in [0.25, 0.3) is 0 Å². The van der Waals surface area contributed by atoms with Gasteiger partial charge >= 0.3 is 0 Å². The van der Waals surface area contributed by atoms with Gasteiger partial charge in [-0.15, -0.1) is 0 Å². The Balaban J connectivity index is 1.45. The van der Waals surface area contributed by atoms with Crippen LogP contribution in [0.15, 0.2) is 12.1 Å². The number of ether oxygens (including phenoxy) is 1. The third-order valence-corrected chi connectivity index (χ3v) is 5.64. The molecule has 4 rings (SSSR count). The van der Waals surface area contributed by atoms with Crippen LogP contribution in [0.4, 0.5) is 5.82 Å². The van der Waals surface area contributed by atoms with Crippen LogP contribution < -0.4 is 10.6 Å². The molecule has 2 N–H and O–H groups in total. The second-order valence-corrected chi connectivity index (χ2v) is 7.74. The predicted octanol–water partition coefficient (Wildman–Crippen LogP) is 1.65. The monoisotopic (exact) mass is 350 g/mol. The van der Waals surface area contributed by atoms with E-state index in [0.29, 0.717) is 22.4 Å². The Kier molecular flexibility index (Phi) is 4.24. The highest BCUT2D eigenvalue weighted by Gasteiger charge is 2.58. The van der Waals surface area contributed by atoms with E-state index in [4.69, 9.17) is 16.3 Å². The maximum absolute atomic E-state index is 12.6. The third-order valence-electron chi connectivity index (χ3n) is 5.42. The van der Waals surface area contributed by atoms with Gasteiger partial charge in [-0.25, -0.2) is 4.98 Å². The van der Waals surface area contributed by atoms with E-state index in [1.165, 1.54) is 6.42 Å². The Morgan fingerprint density at radius 2 is 2.25 bits per heavy atom. The Labute approximate surface area is 146 Å². The lowest BCUT2D eigenvalue weighted by atomic mass is 10.0. The van der Waals surface area contributed by atoms with Crippen LogP contribution in [0, 0.1) is 5.41 Å². The largest absolute Gasteiger partial charge is 0.379 e. The Morgan fingerprint density at radius 1 is 1.46 bits per heavy atom. The van der Waals surface area contributed by atoms with E-state index in [0.717, 1.165) is 44.8 Å². The summed E-state index contributed by atoms with van der Waals surface area (Å²) >= 11 is 6.04. The van der Waals surface area contributed by atoms with Crippen molar-refractivity contribution in [1.82, 2.24) is 15.2 Å². The fraction of sp³-hybridized carbons (Fsp3) is 0.647. The molecule has 2 saturated heterocycles. The first-order valence-corrected chi connectivity index (χ1v) is 8.94. The molecule has 1 amide bonds. The zero-order chi connectivity index (χ0) is 16.7. The van der Waals surface area contributed by atoms with E-state index in [9.17, 15) is 4.79 Å². The molecule has 3 atom stereocenters. The summed E-state index contributed by atoms with van der Waals surface area (Å²) in [5, 5.41) is 6.78. The standard InChI is InChI=1S/C17H23ClN4O2/c1-17-8-12(19-13(17)9-17)16(23)21-15-11(2-3-14(18)20-15)10-22-4-6-24-7-5-22/h2-3,12-13,19H,4-10H2,1H3,(H,20,21,23)/t12-,13+,17-/m0/s1. The number of hydrogen-bond donors (Lipinski definition) is 2. The van der Waals surface area contributed by atoms with Gasteiger partial charge in [0.2, 0.25) is 5.91 Å². The summed E-state index contributed by atoms with van der Waals surface area (Å²) in [4.78, 5) is 19.2. The zero-order valence-electron chi connectivity index (χ0n) is 13.8. The summed E-state index contributed by atoms with van der Waals surface area (Å²) in [5.74, 6) is 0.563. The van der Waals surface area contributed by atoms with Crippen LogP contribution in [-0.2, 0) is 16.1 Å².